The molecule has 2 nitrogen and oxygen atoms in total. The van der Waals surface area contributed by atoms with Crippen molar-refractivity contribution in [3.05, 3.63) is 58.7 Å². The summed E-state index contributed by atoms with van der Waals surface area (Å²) in [5.74, 6) is 1.90. The van der Waals surface area contributed by atoms with E-state index in [9.17, 15) is 0 Å². The lowest BCUT2D eigenvalue weighted by Gasteiger charge is -2.32. The molecule has 0 fully saturated rings. The molecule has 0 heterocycles. The third kappa shape index (κ3) is 4.18. The van der Waals surface area contributed by atoms with Crippen LogP contribution in [0, 0.1) is 13.8 Å². The molecule has 0 aliphatic rings. The maximum Gasteiger partial charge on any atom is 0.121 e. The van der Waals surface area contributed by atoms with Gasteiger partial charge < -0.3 is 9.47 Å². The molecule has 0 saturated carbocycles. The monoisotopic (exact) mass is 340 g/mol. The van der Waals surface area contributed by atoms with Crippen LogP contribution in [0.5, 0.6) is 11.5 Å². The van der Waals surface area contributed by atoms with Gasteiger partial charge in [0, 0.05) is 5.41 Å². The molecule has 2 rings (SSSR count). The first kappa shape index (κ1) is 19.4. The number of unbranched alkanes of at least 4 members (excludes halogenated alkanes) is 2. The van der Waals surface area contributed by atoms with Gasteiger partial charge in [-0.25, -0.2) is 0 Å². The van der Waals surface area contributed by atoms with Crippen LogP contribution in [0.25, 0.3) is 0 Å². The molecule has 0 N–H and O–H groups in total. The largest absolute Gasteiger partial charge is 0.496 e. The van der Waals surface area contributed by atoms with Crippen molar-refractivity contribution in [1.82, 2.24) is 0 Å². The Labute approximate surface area is 153 Å². The molecule has 2 aromatic carbocycles. The van der Waals surface area contributed by atoms with Gasteiger partial charge in [0.05, 0.1) is 14.2 Å². The molecule has 0 aromatic heterocycles. The van der Waals surface area contributed by atoms with Crippen LogP contribution in [0.1, 0.15) is 61.8 Å². The summed E-state index contributed by atoms with van der Waals surface area (Å²) in [4.78, 5) is 0. The summed E-state index contributed by atoms with van der Waals surface area (Å²) >= 11 is 0. The molecule has 136 valence electrons. The lowest BCUT2D eigenvalue weighted by atomic mass is 9.72. The Morgan fingerprint density at radius 1 is 0.800 bits per heavy atom. The molecule has 0 unspecified atom stereocenters. The second kappa shape index (κ2) is 8.42. The van der Waals surface area contributed by atoms with Crippen LogP contribution in [-0.2, 0) is 5.41 Å². The first-order valence-electron chi connectivity index (χ1n) is 9.26. The Hall–Kier alpha value is -1.96. The fraction of sp³-hybridized carbons (Fsp3) is 0.478. The van der Waals surface area contributed by atoms with E-state index < -0.39 is 0 Å². The summed E-state index contributed by atoms with van der Waals surface area (Å²) in [6, 6.07) is 13.2. The van der Waals surface area contributed by atoms with Crippen LogP contribution in [0.4, 0.5) is 0 Å². The molecule has 0 spiro atoms. The highest BCUT2D eigenvalue weighted by Gasteiger charge is 2.29. The fourth-order valence-electron chi connectivity index (χ4n) is 3.63. The molecule has 0 saturated heterocycles. The van der Waals surface area contributed by atoms with E-state index >= 15 is 0 Å². The molecular formula is C23H32O2. The first-order valence-corrected chi connectivity index (χ1v) is 9.26. The van der Waals surface area contributed by atoms with Gasteiger partial charge in [-0.3, -0.25) is 0 Å². The highest BCUT2D eigenvalue weighted by atomic mass is 16.5. The standard InChI is InChI=1S/C23H32O2/c1-7-8-9-14-23(4,19-10-12-21(24-5)17(2)15-19)20-11-13-22(25-6)18(3)16-20/h10-13,15-16H,7-9,14H2,1-6H3. The maximum absolute atomic E-state index is 5.45. The van der Waals surface area contributed by atoms with Crippen LogP contribution < -0.4 is 9.47 Å². The minimum atomic E-state index is -0.0107. The Balaban J connectivity index is 2.49. The van der Waals surface area contributed by atoms with Crippen molar-refractivity contribution in [2.24, 2.45) is 0 Å². The molecule has 2 aromatic rings. The van der Waals surface area contributed by atoms with E-state index in [0.717, 1.165) is 17.9 Å². The molecule has 0 atom stereocenters. The second-order valence-electron chi connectivity index (χ2n) is 7.16. The van der Waals surface area contributed by atoms with Crippen LogP contribution >= 0.6 is 0 Å². The van der Waals surface area contributed by atoms with E-state index in [0.29, 0.717) is 0 Å². The molecule has 25 heavy (non-hydrogen) atoms. The van der Waals surface area contributed by atoms with E-state index in [-0.39, 0.29) is 5.41 Å². The minimum Gasteiger partial charge on any atom is -0.496 e. The van der Waals surface area contributed by atoms with Crippen molar-refractivity contribution in [3.8, 4) is 11.5 Å². The van der Waals surface area contributed by atoms with Gasteiger partial charge in [0.15, 0.2) is 0 Å². The number of rotatable bonds is 8. The average Bonchev–Trinajstić information content (AvgIpc) is 2.61. The van der Waals surface area contributed by atoms with E-state index in [1.54, 1.807) is 14.2 Å². The summed E-state index contributed by atoms with van der Waals surface area (Å²) in [6.45, 7) is 8.86. The summed E-state index contributed by atoms with van der Waals surface area (Å²) in [5, 5.41) is 0. The van der Waals surface area contributed by atoms with Crippen molar-refractivity contribution in [3.63, 3.8) is 0 Å². The lowest BCUT2D eigenvalue weighted by molar-refractivity contribution is 0.409. The Bertz CT molecular complexity index is 650. The predicted molar refractivity (Wildman–Crippen MR) is 106 cm³/mol. The molecular weight excluding hydrogens is 308 g/mol. The van der Waals surface area contributed by atoms with Crippen molar-refractivity contribution in [1.29, 1.82) is 0 Å². The third-order valence-electron chi connectivity index (χ3n) is 5.34. The zero-order valence-corrected chi connectivity index (χ0v) is 16.6. The van der Waals surface area contributed by atoms with Crippen LogP contribution in [0.2, 0.25) is 0 Å². The Morgan fingerprint density at radius 2 is 1.28 bits per heavy atom. The normalized spacial score (nSPS) is 11.4. The summed E-state index contributed by atoms with van der Waals surface area (Å²) in [6.07, 6.45) is 4.86. The maximum atomic E-state index is 5.45. The first-order chi connectivity index (χ1) is 12.0. The summed E-state index contributed by atoms with van der Waals surface area (Å²) in [7, 11) is 3.46. The fourth-order valence-corrected chi connectivity index (χ4v) is 3.63. The molecule has 2 heteroatoms. The predicted octanol–water partition coefficient (Wildman–Crippen LogP) is 6.21. The number of hydrogen-bond acceptors (Lipinski definition) is 2. The molecule has 0 aliphatic carbocycles. The van der Waals surface area contributed by atoms with Gasteiger partial charge in [0.2, 0.25) is 0 Å². The van der Waals surface area contributed by atoms with E-state index in [1.165, 1.54) is 41.5 Å². The van der Waals surface area contributed by atoms with E-state index in [2.05, 4.69) is 64.1 Å². The average molecular weight is 341 g/mol. The third-order valence-corrected chi connectivity index (χ3v) is 5.34. The van der Waals surface area contributed by atoms with Gasteiger partial charge >= 0.3 is 0 Å². The highest BCUT2D eigenvalue weighted by molar-refractivity contribution is 5.47. The molecule has 0 bridgehead atoms. The molecule has 0 amide bonds. The number of benzene rings is 2. The summed E-state index contributed by atoms with van der Waals surface area (Å²) in [5.41, 5.74) is 5.07. The zero-order valence-electron chi connectivity index (χ0n) is 16.6. The number of ether oxygens (including phenoxy) is 2. The van der Waals surface area contributed by atoms with Crippen molar-refractivity contribution >= 4 is 0 Å². The van der Waals surface area contributed by atoms with Crippen LogP contribution in [-0.4, -0.2) is 14.2 Å². The number of aryl methyl sites for hydroxylation is 2. The van der Waals surface area contributed by atoms with Crippen LogP contribution in [0.3, 0.4) is 0 Å². The van der Waals surface area contributed by atoms with Crippen molar-refractivity contribution in [2.75, 3.05) is 14.2 Å². The zero-order chi connectivity index (χ0) is 18.4. The van der Waals surface area contributed by atoms with Gasteiger partial charge in [0.25, 0.3) is 0 Å². The quantitative estimate of drug-likeness (QED) is 0.532. The summed E-state index contributed by atoms with van der Waals surface area (Å²) < 4.78 is 10.9. The van der Waals surface area contributed by atoms with Crippen LogP contribution in [0.15, 0.2) is 36.4 Å². The number of methoxy groups -OCH3 is 2. The SMILES string of the molecule is CCCCCC(C)(c1ccc(OC)c(C)c1)c1ccc(OC)c(C)c1. The van der Waals surface area contributed by atoms with E-state index in [4.69, 9.17) is 9.47 Å². The van der Waals surface area contributed by atoms with Crippen molar-refractivity contribution < 1.29 is 9.47 Å². The number of hydrogen-bond donors (Lipinski definition) is 0. The minimum absolute atomic E-state index is 0.0107. The second-order valence-corrected chi connectivity index (χ2v) is 7.16. The lowest BCUT2D eigenvalue weighted by Crippen LogP contribution is -2.24. The van der Waals surface area contributed by atoms with Gasteiger partial charge in [-0.15, -0.1) is 0 Å². The molecule has 0 radical (unpaired) electrons. The highest BCUT2D eigenvalue weighted by Crippen LogP contribution is 2.40. The van der Waals surface area contributed by atoms with Gasteiger partial charge in [-0.2, -0.15) is 0 Å². The smallest absolute Gasteiger partial charge is 0.121 e. The Morgan fingerprint density at radius 3 is 1.64 bits per heavy atom. The van der Waals surface area contributed by atoms with Gasteiger partial charge in [-0.1, -0.05) is 57.4 Å². The van der Waals surface area contributed by atoms with E-state index in [1.807, 2.05) is 0 Å². The topological polar surface area (TPSA) is 18.5 Å². The van der Waals surface area contributed by atoms with Gasteiger partial charge in [-0.05, 0) is 54.7 Å². The Kier molecular flexibility index (Phi) is 6.52. The molecule has 0 aliphatic heterocycles. The van der Waals surface area contributed by atoms with Gasteiger partial charge in [0.1, 0.15) is 11.5 Å². The van der Waals surface area contributed by atoms with Crippen molar-refractivity contribution in [2.45, 2.75) is 58.8 Å².